The van der Waals surface area contributed by atoms with E-state index in [2.05, 4.69) is 13.8 Å². The zero-order valence-electron chi connectivity index (χ0n) is 13.8. The highest BCUT2D eigenvalue weighted by molar-refractivity contribution is 5.10. The van der Waals surface area contributed by atoms with E-state index in [9.17, 15) is 10.2 Å². The van der Waals surface area contributed by atoms with Crippen molar-refractivity contribution in [2.75, 3.05) is 0 Å². The molecule has 0 amide bonds. The number of aliphatic hydroxyl groups is 2. The van der Waals surface area contributed by atoms with Crippen molar-refractivity contribution in [2.45, 2.75) is 83.8 Å². The van der Waals surface area contributed by atoms with Crippen LogP contribution in [0.15, 0.2) is 0 Å². The minimum absolute atomic E-state index is 0.128. The SMILES string of the molecule is C[C@]12CC[C@H]3[C@@H](CC[C@H]4CCCC[C@@]43C)[C@@H]1C(O)(O)CC2. The van der Waals surface area contributed by atoms with E-state index in [4.69, 9.17) is 0 Å². The van der Waals surface area contributed by atoms with Crippen LogP contribution in [0.4, 0.5) is 0 Å². The predicted molar refractivity (Wildman–Crippen MR) is 83.5 cm³/mol. The molecule has 4 aliphatic carbocycles. The molecular weight excluding hydrogens is 260 g/mol. The van der Waals surface area contributed by atoms with Crippen LogP contribution in [0.2, 0.25) is 0 Å². The molecule has 4 fully saturated rings. The van der Waals surface area contributed by atoms with E-state index >= 15 is 0 Å². The van der Waals surface area contributed by atoms with Crippen LogP contribution in [0.5, 0.6) is 0 Å². The van der Waals surface area contributed by atoms with E-state index in [-0.39, 0.29) is 11.3 Å². The second-order valence-electron chi connectivity index (χ2n) is 9.35. The van der Waals surface area contributed by atoms with Gasteiger partial charge < -0.3 is 10.2 Å². The molecule has 2 nitrogen and oxygen atoms in total. The van der Waals surface area contributed by atoms with E-state index in [0.29, 0.717) is 17.8 Å². The molecule has 6 atom stereocenters. The van der Waals surface area contributed by atoms with Gasteiger partial charge in [0.05, 0.1) is 0 Å². The Morgan fingerprint density at radius 1 is 0.810 bits per heavy atom. The summed E-state index contributed by atoms with van der Waals surface area (Å²) >= 11 is 0. The van der Waals surface area contributed by atoms with Crippen LogP contribution >= 0.6 is 0 Å². The van der Waals surface area contributed by atoms with Crippen LogP contribution in [0.3, 0.4) is 0 Å². The van der Waals surface area contributed by atoms with Crippen molar-refractivity contribution in [3.8, 4) is 0 Å². The lowest BCUT2D eigenvalue weighted by molar-refractivity contribution is -0.239. The van der Waals surface area contributed by atoms with Gasteiger partial charge in [-0.05, 0) is 73.5 Å². The van der Waals surface area contributed by atoms with E-state index in [1.165, 1.54) is 51.4 Å². The molecule has 21 heavy (non-hydrogen) atoms. The number of hydrogen-bond donors (Lipinski definition) is 2. The van der Waals surface area contributed by atoms with E-state index in [0.717, 1.165) is 18.3 Å². The van der Waals surface area contributed by atoms with Gasteiger partial charge in [0.15, 0.2) is 5.79 Å². The zero-order valence-corrected chi connectivity index (χ0v) is 13.8. The Balaban J connectivity index is 1.69. The molecule has 4 saturated carbocycles. The number of rotatable bonds is 0. The van der Waals surface area contributed by atoms with Gasteiger partial charge in [0.2, 0.25) is 0 Å². The summed E-state index contributed by atoms with van der Waals surface area (Å²) in [6, 6.07) is 0. The van der Waals surface area contributed by atoms with Crippen molar-refractivity contribution in [1.29, 1.82) is 0 Å². The summed E-state index contributed by atoms with van der Waals surface area (Å²) in [6.07, 6.45) is 12.3. The van der Waals surface area contributed by atoms with Crippen LogP contribution in [-0.2, 0) is 0 Å². The van der Waals surface area contributed by atoms with Crippen molar-refractivity contribution in [1.82, 2.24) is 0 Å². The van der Waals surface area contributed by atoms with Crippen molar-refractivity contribution in [2.24, 2.45) is 34.5 Å². The lowest BCUT2D eigenvalue weighted by Gasteiger charge is -2.60. The molecular formula is C19H32O2. The highest BCUT2D eigenvalue weighted by atomic mass is 16.5. The van der Waals surface area contributed by atoms with Gasteiger partial charge in [0.1, 0.15) is 0 Å². The maximum Gasteiger partial charge on any atom is 0.166 e. The molecule has 0 spiro atoms. The fourth-order valence-corrected chi connectivity index (χ4v) is 7.38. The lowest BCUT2D eigenvalue weighted by atomic mass is 9.45. The molecule has 0 heterocycles. The van der Waals surface area contributed by atoms with Crippen LogP contribution in [-0.4, -0.2) is 16.0 Å². The van der Waals surface area contributed by atoms with Crippen LogP contribution in [0, 0.1) is 34.5 Å². The third-order valence-electron chi connectivity index (χ3n) is 8.43. The average molecular weight is 292 g/mol. The molecule has 0 aliphatic heterocycles. The third-order valence-corrected chi connectivity index (χ3v) is 8.43. The molecule has 4 rings (SSSR count). The molecule has 120 valence electrons. The van der Waals surface area contributed by atoms with E-state index < -0.39 is 5.79 Å². The van der Waals surface area contributed by atoms with Gasteiger partial charge in [0.25, 0.3) is 0 Å². The molecule has 0 unspecified atom stereocenters. The van der Waals surface area contributed by atoms with Crippen molar-refractivity contribution < 1.29 is 10.2 Å². The summed E-state index contributed by atoms with van der Waals surface area (Å²) in [4.78, 5) is 0. The van der Waals surface area contributed by atoms with Crippen molar-refractivity contribution in [3.05, 3.63) is 0 Å². The number of fused-ring (bicyclic) bond motifs is 5. The zero-order chi connectivity index (χ0) is 14.9. The lowest BCUT2D eigenvalue weighted by Crippen LogP contribution is -2.56. The Labute approximate surface area is 129 Å². The van der Waals surface area contributed by atoms with Crippen molar-refractivity contribution >= 4 is 0 Å². The maximum absolute atomic E-state index is 10.6. The maximum atomic E-state index is 10.6. The summed E-state index contributed by atoms with van der Waals surface area (Å²) in [6.45, 7) is 4.87. The van der Waals surface area contributed by atoms with Crippen LogP contribution in [0.1, 0.15) is 78.1 Å². The minimum Gasteiger partial charge on any atom is -0.365 e. The monoisotopic (exact) mass is 292 g/mol. The second-order valence-corrected chi connectivity index (χ2v) is 9.35. The van der Waals surface area contributed by atoms with Gasteiger partial charge in [-0.25, -0.2) is 0 Å². The molecule has 0 bridgehead atoms. The van der Waals surface area contributed by atoms with Gasteiger partial charge in [-0.1, -0.05) is 26.7 Å². The van der Waals surface area contributed by atoms with E-state index in [1.54, 1.807) is 0 Å². The quantitative estimate of drug-likeness (QED) is 0.660. The average Bonchev–Trinajstić information content (AvgIpc) is 2.69. The Morgan fingerprint density at radius 2 is 1.62 bits per heavy atom. The fourth-order valence-electron chi connectivity index (χ4n) is 7.38. The summed E-state index contributed by atoms with van der Waals surface area (Å²) in [5.41, 5.74) is 0.670. The van der Waals surface area contributed by atoms with Crippen LogP contribution < -0.4 is 0 Å². The van der Waals surface area contributed by atoms with Gasteiger partial charge in [-0.15, -0.1) is 0 Å². The molecule has 4 aliphatic rings. The summed E-state index contributed by atoms with van der Waals surface area (Å²) in [5.74, 6) is 0.941. The summed E-state index contributed by atoms with van der Waals surface area (Å²) in [5, 5.41) is 21.3. The first-order valence-electron chi connectivity index (χ1n) is 9.32. The highest BCUT2D eigenvalue weighted by Gasteiger charge is 2.63. The standard InChI is InChI=1S/C19H32O2/c1-17-10-8-15-14(16(17)19(20,21)12-11-17)7-6-13-5-3-4-9-18(13,15)2/h13-16,20-21H,3-12H2,1-2H3/t13-,14-,15+,16+,17-,18+/m1/s1. The molecule has 2 N–H and O–H groups in total. The van der Waals surface area contributed by atoms with Gasteiger partial charge in [0, 0.05) is 12.3 Å². The first-order chi connectivity index (χ1) is 9.87. The molecule has 0 radical (unpaired) electrons. The Kier molecular flexibility index (Phi) is 3.09. The smallest absolute Gasteiger partial charge is 0.166 e. The largest absolute Gasteiger partial charge is 0.365 e. The van der Waals surface area contributed by atoms with Crippen molar-refractivity contribution in [3.63, 3.8) is 0 Å². The first kappa shape index (κ1) is 14.5. The molecule has 0 saturated heterocycles. The van der Waals surface area contributed by atoms with Gasteiger partial charge in [-0.3, -0.25) is 0 Å². The first-order valence-corrected chi connectivity index (χ1v) is 9.32. The third kappa shape index (κ3) is 1.91. The second kappa shape index (κ2) is 4.47. The van der Waals surface area contributed by atoms with Gasteiger partial charge in [-0.2, -0.15) is 0 Å². The Bertz CT molecular complexity index is 431. The molecule has 2 heteroatoms. The van der Waals surface area contributed by atoms with Gasteiger partial charge >= 0.3 is 0 Å². The van der Waals surface area contributed by atoms with E-state index in [1.807, 2.05) is 0 Å². The predicted octanol–water partition coefficient (Wildman–Crippen LogP) is 4.10. The van der Waals surface area contributed by atoms with Crippen LogP contribution in [0.25, 0.3) is 0 Å². The topological polar surface area (TPSA) is 40.5 Å². The number of hydrogen-bond acceptors (Lipinski definition) is 2. The summed E-state index contributed by atoms with van der Waals surface area (Å²) in [7, 11) is 0. The Hall–Kier alpha value is -0.0800. The minimum atomic E-state index is -1.39. The molecule has 0 aromatic heterocycles. The summed E-state index contributed by atoms with van der Waals surface area (Å²) < 4.78 is 0. The molecule has 0 aromatic carbocycles. The normalized spacial score (nSPS) is 55.4. The fraction of sp³-hybridized carbons (Fsp3) is 1.00. The Morgan fingerprint density at radius 3 is 2.43 bits per heavy atom. The molecule has 0 aromatic rings. The highest BCUT2D eigenvalue weighted by Crippen LogP contribution is 2.67.